The van der Waals surface area contributed by atoms with Gasteiger partial charge in [-0.05, 0) is 35.0 Å². The van der Waals surface area contributed by atoms with Crippen LogP contribution in [0.3, 0.4) is 0 Å². The standard InChI is InChI=1S/C11H8O2.C8H6O4/c12-11(13)10-6-5-8-3-1-2-4-9(8)7-10;9-7(10)5-3-1-2-4-6(5)8(11)12/h1-7H,(H,12,13);1-4H,(H,9,10)(H,11,12). The van der Waals surface area contributed by atoms with Gasteiger partial charge in [-0.25, -0.2) is 14.4 Å². The van der Waals surface area contributed by atoms with Crippen LogP contribution in [-0.2, 0) is 0 Å². The number of fused-ring (bicyclic) bond motifs is 1. The van der Waals surface area contributed by atoms with Gasteiger partial charge in [-0.15, -0.1) is 0 Å². The smallest absolute Gasteiger partial charge is 0.336 e. The van der Waals surface area contributed by atoms with Crippen LogP contribution in [0.5, 0.6) is 0 Å². The first-order valence-electron chi connectivity index (χ1n) is 7.18. The number of aromatic carboxylic acids is 3. The second-order valence-electron chi connectivity index (χ2n) is 5.02. The molecule has 0 spiro atoms. The lowest BCUT2D eigenvalue weighted by molar-refractivity contribution is 0.0651. The first kappa shape index (κ1) is 17.7. The largest absolute Gasteiger partial charge is 0.478 e. The molecule has 3 rings (SSSR count). The van der Waals surface area contributed by atoms with Crippen LogP contribution in [0.1, 0.15) is 31.1 Å². The van der Waals surface area contributed by atoms with Gasteiger partial charge in [-0.3, -0.25) is 0 Å². The van der Waals surface area contributed by atoms with Crippen molar-refractivity contribution >= 4 is 28.7 Å². The molecule has 0 saturated heterocycles. The van der Waals surface area contributed by atoms with Gasteiger partial charge >= 0.3 is 17.9 Å². The molecule has 0 radical (unpaired) electrons. The minimum Gasteiger partial charge on any atom is -0.478 e. The number of benzene rings is 3. The van der Waals surface area contributed by atoms with E-state index in [0.717, 1.165) is 10.8 Å². The molecule has 6 nitrogen and oxygen atoms in total. The predicted octanol–water partition coefficient (Wildman–Crippen LogP) is 3.62. The fourth-order valence-electron chi connectivity index (χ4n) is 2.18. The molecule has 0 aliphatic heterocycles. The molecule has 0 heterocycles. The molecule has 6 heteroatoms. The maximum atomic E-state index is 10.6. The minimum absolute atomic E-state index is 0.190. The third-order valence-electron chi connectivity index (χ3n) is 3.38. The summed E-state index contributed by atoms with van der Waals surface area (Å²) in [5.41, 5.74) is -0.0475. The molecule has 0 saturated carbocycles. The predicted molar refractivity (Wildman–Crippen MR) is 91.3 cm³/mol. The van der Waals surface area contributed by atoms with E-state index in [1.807, 2.05) is 30.3 Å². The van der Waals surface area contributed by atoms with Crippen molar-refractivity contribution in [1.82, 2.24) is 0 Å². The van der Waals surface area contributed by atoms with Crippen molar-refractivity contribution in [3.63, 3.8) is 0 Å². The SMILES string of the molecule is O=C(O)c1ccc2ccccc2c1.O=C(O)c1ccccc1C(=O)O. The number of hydrogen-bond donors (Lipinski definition) is 3. The fraction of sp³-hybridized carbons (Fsp3) is 0. The van der Waals surface area contributed by atoms with Gasteiger partial charge in [-0.1, -0.05) is 42.5 Å². The highest BCUT2D eigenvalue weighted by molar-refractivity contribution is 6.01. The molecule has 0 bridgehead atoms. The van der Waals surface area contributed by atoms with Crippen LogP contribution in [-0.4, -0.2) is 33.2 Å². The van der Waals surface area contributed by atoms with Crippen molar-refractivity contribution in [1.29, 1.82) is 0 Å². The topological polar surface area (TPSA) is 112 Å². The van der Waals surface area contributed by atoms with Crippen LogP contribution in [0, 0.1) is 0 Å². The number of carboxylic acids is 3. The molecule has 0 aliphatic carbocycles. The summed E-state index contributed by atoms with van der Waals surface area (Å²) in [7, 11) is 0. The van der Waals surface area contributed by atoms with Gasteiger partial charge in [0.25, 0.3) is 0 Å². The Morgan fingerprint density at radius 2 is 1.04 bits per heavy atom. The van der Waals surface area contributed by atoms with Crippen molar-refractivity contribution in [2.75, 3.05) is 0 Å². The van der Waals surface area contributed by atoms with Crippen molar-refractivity contribution < 1.29 is 29.7 Å². The molecule has 0 amide bonds. The highest BCUT2D eigenvalue weighted by atomic mass is 16.4. The van der Waals surface area contributed by atoms with E-state index in [2.05, 4.69) is 0 Å². The number of carbonyl (C=O) groups is 3. The Balaban J connectivity index is 0.000000181. The van der Waals surface area contributed by atoms with Crippen molar-refractivity contribution in [2.24, 2.45) is 0 Å². The molecule has 3 aromatic carbocycles. The van der Waals surface area contributed by atoms with Crippen LogP contribution in [0.2, 0.25) is 0 Å². The second-order valence-corrected chi connectivity index (χ2v) is 5.02. The van der Waals surface area contributed by atoms with Gasteiger partial charge < -0.3 is 15.3 Å². The zero-order valence-electron chi connectivity index (χ0n) is 12.9. The summed E-state index contributed by atoms with van der Waals surface area (Å²) in [6.07, 6.45) is 0. The highest BCUT2D eigenvalue weighted by Gasteiger charge is 2.13. The summed E-state index contributed by atoms with van der Waals surface area (Å²) in [4.78, 5) is 31.6. The Hall–Kier alpha value is -3.67. The zero-order chi connectivity index (χ0) is 18.4. The average molecular weight is 338 g/mol. The van der Waals surface area contributed by atoms with Crippen LogP contribution in [0.4, 0.5) is 0 Å². The van der Waals surface area contributed by atoms with E-state index < -0.39 is 17.9 Å². The molecule has 0 atom stereocenters. The second kappa shape index (κ2) is 7.74. The monoisotopic (exact) mass is 338 g/mol. The third kappa shape index (κ3) is 4.42. The molecule has 126 valence electrons. The molecule has 0 unspecified atom stereocenters. The van der Waals surface area contributed by atoms with E-state index >= 15 is 0 Å². The molecule has 0 fully saturated rings. The Morgan fingerprint density at radius 3 is 1.52 bits per heavy atom. The quantitative estimate of drug-likeness (QED) is 0.672. The van der Waals surface area contributed by atoms with Crippen molar-refractivity contribution in [3.05, 3.63) is 83.4 Å². The zero-order valence-corrected chi connectivity index (χ0v) is 12.9. The van der Waals surface area contributed by atoms with E-state index in [0.29, 0.717) is 5.56 Å². The third-order valence-corrected chi connectivity index (χ3v) is 3.38. The van der Waals surface area contributed by atoms with Gasteiger partial charge in [0, 0.05) is 0 Å². The highest BCUT2D eigenvalue weighted by Crippen LogP contribution is 2.15. The van der Waals surface area contributed by atoms with Gasteiger partial charge in [0.15, 0.2) is 0 Å². The van der Waals surface area contributed by atoms with Crippen molar-refractivity contribution in [2.45, 2.75) is 0 Å². The maximum Gasteiger partial charge on any atom is 0.336 e. The lowest BCUT2D eigenvalue weighted by atomic mass is 10.1. The van der Waals surface area contributed by atoms with Crippen LogP contribution < -0.4 is 0 Å². The summed E-state index contributed by atoms with van der Waals surface area (Å²) in [6, 6.07) is 18.3. The Labute approximate surface area is 142 Å². The first-order chi connectivity index (χ1) is 11.9. The number of hydrogen-bond acceptors (Lipinski definition) is 3. The molecule has 0 aromatic heterocycles. The molecule has 3 N–H and O–H groups in total. The van der Waals surface area contributed by atoms with Gasteiger partial charge in [0.1, 0.15) is 0 Å². The van der Waals surface area contributed by atoms with Gasteiger partial charge in [-0.2, -0.15) is 0 Å². The number of carboxylic acid groups (broad SMARTS) is 3. The Bertz CT molecular complexity index is 912. The summed E-state index contributed by atoms with van der Waals surface area (Å²) in [6.45, 7) is 0. The maximum absolute atomic E-state index is 10.6. The van der Waals surface area contributed by atoms with E-state index in [-0.39, 0.29) is 11.1 Å². The first-order valence-corrected chi connectivity index (χ1v) is 7.18. The molecular weight excluding hydrogens is 324 g/mol. The fourth-order valence-corrected chi connectivity index (χ4v) is 2.18. The molecule has 3 aromatic rings. The lowest BCUT2D eigenvalue weighted by Crippen LogP contribution is -2.06. The molecule has 25 heavy (non-hydrogen) atoms. The van der Waals surface area contributed by atoms with E-state index in [9.17, 15) is 14.4 Å². The van der Waals surface area contributed by atoms with Gasteiger partial charge in [0.05, 0.1) is 16.7 Å². The summed E-state index contributed by atoms with van der Waals surface area (Å²) < 4.78 is 0. The number of rotatable bonds is 3. The van der Waals surface area contributed by atoms with Crippen LogP contribution in [0.25, 0.3) is 10.8 Å². The van der Waals surface area contributed by atoms with Crippen LogP contribution >= 0.6 is 0 Å². The minimum atomic E-state index is -1.23. The summed E-state index contributed by atoms with van der Waals surface area (Å²) >= 11 is 0. The summed E-state index contributed by atoms with van der Waals surface area (Å²) in [5.74, 6) is -3.34. The lowest BCUT2D eigenvalue weighted by Gasteiger charge is -1.98. The molecular formula is C19H14O6. The van der Waals surface area contributed by atoms with Crippen molar-refractivity contribution in [3.8, 4) is 0 Å². The summed E-state index contributed by atoms with van der Waals surface area (Å²) in [5, 5.41) is 27.9. The van der Waals surface area contributed by atoms with Crippen LogP contribution in [0.15, 0.2) is 66.7 Å². The normalized spacial score (nSPS) is 9.76. The molecule has 0 aliphatic rings. The average Bonchev–Trinajstić information content (AvgIpc) is 2.61. The van der Waals surface area contributed by atoms with E-state index in [4.69, 9.17) is 15.3 Å². The van der Waals surface area contributed by atoms with E-state index in [1.54, 1.807) is 12.1 Å². The Morgan fingerprint density at radius 1 is 0.560 bits per heavy atom. The van der Waals surface area contributed by atoms with E-state index in [1.165, 1.54) is 24.3 Å². The van der Waals surface area contributed by atoms with Gasteiger partial charge in [0.2, 0.25) is 0 Å². The Kier molecular flexibility index (Phi) is 5.47.